The zero-order valence-electron chi connectivity index (χ0n) is 12.8. The summed E-state index contributed by atoms with van der Waals surface area (Å²) >= 11 is 0. The molecule has 1 unspecified atom stereocenters. The van der Waals surface area contributed by atoms with Gasteiger partial charge in [-0.15, -0.1) is 0 Å². The molecule has 2 aliphatic rings. The molecule has 0 N–H and O–H groups in total. The van der Waals surface area contributed by atoms with Crippen molar-refractivity contribution < 1.29 is 0 Å². The van der Waals surface area contributed by atoms with Crippen LogP contribution in [0.3, 0.4) is 0 Å². The molecule has 1 aromatic rings. The molecule has 4 heteroatoms. The Morgan fingerprint density at radius 1 is 1.00 bits per heavy atom. The summed E-state index contributed by atoms with van der Waals surface area (Å²) < 4.78 is 0. The number of aromatic nitrogens is 2. The highest BCUT2D eigenvalue weighted by Crippen LogP contribution is 2.24. The maximum absolute atomic E-state index is 4.82. The van der Waals surface area contributed by atoms with Crippen molar-refractivity contribution in [1.29, 1.82) is 0 Å². The number of piperidine rings is 2. The minimum Gasteiger partial charge on any atom is -0.356 e. The monoisotopic (exact) mass is 274 g/mol. The molecule has 0 radical (unpaired) electrons. The molecule has 2 saturated heterocycles. The van der Waals surface area contributed by atoms with E-state index in [1.165, 1.54) is 25.7 Å². The smallest absolute Gasteiger partial charge is 0.227 e. The van der Waals surface area contributed by atoms with Crippen LogP contribution in [0.2, 0.25) is 0 Å². The summed E-state index contributed by atoms with van der Waals surface area (Å²) in [6, 6.07) is 2.06. The fraction of sp³-hybridized carbons (Fsp3) is 0.750. The van der Waals surface area contributed by atoms with Crippen LogP contribution < -0.4 is 9.80 Å². The zero-order valence-corrected chi connectivity index (χ0v) is 12.8. The maximum Gasteiger partial charge on any atom is 0.227 e. The zero-order chi connectivity index (χ0) is 13.9. The largest absolute Gasteiger partial charge is 0.356 e. The van der Waals surface area contributed by atoms with E-state index in [2.05, 4.69) is 34.7 Å². The molecule has 0 amide bonds. The fourth-order valence-electron chi connectivity index (χ4n) is 3.27. The third-order valence-corrected chi connectivity index (χ3v) is 4.68. The Labute approximate surface area is 122 Å². The van der Waals surface area contributed by atoms with Gasteiger partial charge in [-0.3, -0.25) is 0 Å². The van der Waals surface area contributed by atoms with Crippen molar-refractivity contribution in [3.05, 3.63) is 12.3 Å². The highest BCUT2D eigenvalue weighted by molar-refractivity contribution is 5.44. The van der Waals surface area contributed by atoms with Crippen molar-refractivity contribution in [3.63, 3.8) is 0 Å². The summed E-state index contributed by atoms with van der Waals surface area (Å²) in [4.78, 5) is 14.1. The molecule has 0 aliphatic carbocycles. The lowest BCUT2D eigenvalue weighted by molar-refractivity contribution is 0.432. The van der Waals surface area contributed by atoms with E-state index in [9.17, 15) is 0 Å². The van der Waals surface area contributed by atoms with E-state index in [1.54, 1.807) is 0 Å². The molecule has 2 fully saturated rings. The van der Waals surface area contributed by atoms with Crippen LogP contribution in [0.4, 0.5) is 11.8 Å². The van der Waals surface area contributed by atoms with Gasteiger partial charge < -0.3 is 9.80 Å². The summed E-state index contributed by atoms with van der Waals surface area (Å²) in [5.74, 6) is 3.66. The van der Waals surface area contributed by atoms with E-state index >= 15 is 0 Å². The number of nitrogens with zero attached hydrogens (tertiary/aromatic N) is 4. The molecule has 0 aromatic carbocycles. The van der Waals surface area contributed by atoms with Gasteiger partial charge in [0.05, 0.1) is 0 Å². The summed E-state index contributed by atoms with van der Waals surface area (Å²) in [6.45, 7) is 9.14. The Bertz CT molecular complexity index is 440. The predicted molar refractivity (Wildman–Crippen MR) is 83.3 cm³/mol. The van der Waals surface area contributed by atoms with Crippen molar-refractivity contribution in [2.45, 2.75) is 39.5 Å². The second-order valence-corrected chi connectivity index (χ2v) is 6.58. The predicted octanol–water partition coefficient (Wildman–Crippen LogP) is 2.95. The number of anilines is 2. The van der Waals surface area contributed by atoms with Crippen LogP contribution in [0.5, 0.6) is 0 Å². The first-order valence-corrected chi connectivity index (χ1v) is 8.05. The van der Waals surface area contributed by atoms with Gasteiger partial charge in [0.1, 0.15) is 5.82 Å². The van der Waals surface area contributed by atoms with Crippen LogP contribution in [0, 0.1) is 11.8 Å². The molecule has 3 heterocycles. The van der Waals surface area contributed by atoms with Crippen LogP contribution in [0.25, 0.3) is 0 Å². The molecule has 0 spiro atoms. The summed E-state index contributed by atoms with van der Waals surface area (Å²) in [5.41, 5.74) is 0. The molecular weight excluding hydrogens is 248 g/mol. The van der Waals surface area contributed by atoms with Gasteiger partial charge >= 0.3 is 0 Å². The fourth-order valence-corrected chi connectivity index (χ4v) is 3.27. The van der Waals surface area contributed by atoms with Crippen molar-refractivity contribution in [3.8, 4) is 0 Å². The van der Waals surface area contributed by atoms with E-state index in [4.69, 9.17) is 4.98 Å². The van der Waals surface area contributed by atoms with Gasteiger partial charge in [-0.2, -0.15) is 4.98 Å². The Balaban J connectivity index is 1.72. The molecule has 3 rings (SSSR count). The summed E-state index contributed by atoms with van der Waals surface area (Å²) in [7, 11) is 0. The van der Waals surface area contributed by atoms with Crippen LogP contribution in [-0.2, 0) is 0 Å². The van der Waals surface area contributed by atoms with Crippen molar-refractivity contribution in [2.75, 3.05) is 36.0 Å². The minimum absolute atomic E-state index is 0.776. The van der Waals surface area contributed by atoms with E-state index in [0.717, 1.165) is 49.8 Å². The lowest BCUT2D eigenvalue weighted by Gasteiger charge is -2.33. The Hall–Kier alpha value is -1.32. The molecule has 4 nitrogen and oxygen atoms in total. The maximum atomic E-state index is 4.82. The second-order valence-electron chi connectivity index (χ2n) is 6.58. The first kappa shape index (κ1) is 13.7. The van der Waals surface area contributed by atoms with Crippen molar-refractivity contribution in [1.82, 2.24) is 9.97 Å². The number of rotatable bonds is 2. The van der Waals surface area contributed by atoms with Crippen molar-refractivity contribution in [2.24, 2.45) is 11.8 Å². The Morgan fingerprint density at radius 2 is 1.80 bits per heavy atom. The molecule has 110 valence electrons. The molecular formula is C16H26N4. The van der Waals surface area contributed by atoms with E-state index < -0.39 is 0 Å². The van der Waals surface area contributed by atoms with Crippen LogP contribution in [0.1, 0.15) is 39.5 Å². The van der Waals surface area contributed by atoms with E-state index in [1.807, 2.05) is 6.20 Å². The van der Waals surface area contributed by atoms with E-state index in [-0.39, 0.29) is 0 Å². The van der Waals surface area contributed by atoms with Gasteiger partial charge in [0.25, 0.3) is 0 Å². The molecule has 2 aliphatic heterocycles. The molecule has 1 aromatic heterocycles. The van der Waals surface area contributed by atoms with E-state index in [0.29, 0.717) is 0 Å². The SMILES string of the molecule is CC1CCN(c2nccc(N3CCCC(C)C3)n2)CC1. The lowest BCUT2D eigenvalue weighted by Crippen LogP contribution is -2.36. The first-order chi connectivity index (χ1) is 9.72. The van der Waals surface area contributed by atoms with Crippen LogP contribution in [0.15, 0.2) is 12.3 Å². The van der Waals surface area contributed by atoms with Gasteiger partial charge in [0.15, 0.2) is 0 Å². The molecule has 1 atom stereocenters. The van der Waals surface area contributed by atoms with Gasteiger partial charge in [-0.1, -0.05) is 13.8 Å². The van der Waals surface area contributed by atoms with Crippen LogP contribution >= 0.6 is 0 Å². The molecule has 20 heavy (non-hydrogen) atoms. The van der Waals surface area contributed by atoms with Crippen LogP contribution in [-0.4, -0.2) is 36.1 Å². The molecule has 0 bridgehead atoms. The third kappa shape index (κ3) is 3.05. The Morgan fingerprint density at radius 3 is 2.55 bits per heavy atom. The van der Waals surface area contributed by atoms with Gasteiger partial charge in [0, 0.05) is 32.4 Å². The summed E-state index contributed by atoms with van der Waals surface area (Å²) in [5, 5.41) is 0. The lowest BCUT2D eigenvalue weighted by atomic mass is 9.99. The highest BCUT2D eigenvalue weighted by Gasteiger charge is 2.21. The average molecular weight is 274 g/mol. The van der Waals surface area contributed by atoms with Gasteiger partial charge in [-0.25, -0.2) is 4.98 Å². The van der Waals surface area contributed by atoms with Gasteiger partial charge in [-0.05, 0) is 43.6 Å². The quantitative estimate of drug-likeness (QED) is 0.830. The first-order valence-electron chi connectivity index (χ1n) is 8.05. The molecule has 0 saturated carbocycles. The average Bonchev–Trinajstić information content (AvgIpc) is 2.48. The number of hydrogen-bond acceptors (Lipinski definition) is 4. The topological polar surface area (TPSA) is 32.3 Å². The third-order valence-electron chi connectivity index (χ3n) is 4.68. The highest BCUT2D eigenvalue weighted by atomic mass is 15.3. The minimum atomic E-state index is 0.776. The van der Waals surface area contributed by atoms with Crippen molar-refractivity contribution >= 4 is 11.8 Å². The van der Waals surface area contributed by atoms with Gasteiger partial charge in [0.2, 0.25) is 5.95 Å². The summed E-state index contributed by atoms with van der Waals surface area (Å²) in [6.07, 6.45) is 7.07. The number of hydrogen-bond donors (Lipinski definition) is 0. The Kier molecular flexibility index (Phi) is 4.08. The normalized spacial score (nSPS) is 25.0. The second kappa shape index (κ2) is 5.98. The standard InChI is InChI=1S/C16H26N4/c1-13-6-10-19(11-7-13)16-17-8-5-15(18-16)20-9-3-4-14(2)12-20/h5,8,13-14H,3-4,6-7,9-12H2,1-2H3.